The van der Waals surface area contributed by atoms with Crippen LogP contribution in [0.3, 0.4) is 0 Å². The number of hydrogen-bond donors (Lipinski definition) is 0. The summed E-state index contributed by atoms with van der Waals surface area (Å²) in [4.78, 5) is 0. The highest BCUT2D eigenvalue weighted by molar-refractivity contribution is 6.52. The Bertz CT molecular complexity index is 1000. The first-order valence-corrected chi connectivity index (χ1v) is 9.71. The summed E-state index contributed by atoms with van der Waals surface area (Å²) in [6.07, 6.45) is 0. The molecule has 0 aromatic heterocycles. The molecule has 0 radical (unpaired) electrons. The molecule has 2 nitrogen and oxygen atoms in total. The zero-order valence-corrected chi connectivity index (χ0v) is 16.2. The summed E-state index contributed by atoms with van der Waals surface area (Å²) in [5, 5.41) is 0. The number of alkyl halides is 2. The van der Waals surface area contributed by atoms with Crippen LogP contribution in [-0.4, -0.2) is 11.4 Å². The number of ether oxygens (including phenoxy) is 2. The number of benzene rings is 3. The monoisotopic (exact) mass is 396 g/mol. The average molecular weight is 397 g/mol. The lowest BCUT2D eigenvalue weighted by Crippen LogP contribution is -2.29. The van der Waals surface area contributed by atoms with Crippen molar-refractivity contribution < 1.29 is 9.47 Å². The molecule has 3 aromatic rings. The van der Waals surface area contributed by atoms with Gasteiger partial charge in [-0.05, 0) is 17.7 Å². The van der Waals surface area contributed by atoms with Crippen LogP contribution in [0.4, 0.5) is 0 Å². The Labute approximate surface area is 168 Å². The van der Waals surface area contributed by atoms with Crippen LogP contribution in [-0.2, 0) is 5.60 Å². The van der Waals surface area contributed by atoms with Crippen LogP contribution in [0.25, 0.3) is 0 Å². The minimum Gasteiger partial charge on any atom is -0.496 e. The van der Waals surface area contributed by atoms with E-state index in [0.717, 1.165) is 22.6 Å². The average Bonchev–Trinajstić information content (AvgIpc) is 3.22. The maximum atomic E-state index is 6.95. The highest BCUT2D eigenvalue weighted by Crippen LogP contribution is 2.78. The first-order valence-electron chi connectivity index (χ1n) is 8.95. The summed E-state index contributed by atoms with van der Waals surface area (Å²) in [7, 11) is 1.66. The van der Waals surface area contributed by atoms with Gasteiger partial charge in [0.1, 0.15) is 11.5 Å². The van der Waals surface area contributed by atoms with Gasteiger partial charge in [-0.15, -0.1) is 0 Å². The molecule has 136 valence electrons. The Morgan fingerprint density at radius 2 is 1.52 bits per heavy atom. The van der Waals surface area contributed by atoms with Crippen LogP contribution >= 0.6 is 23.2 Å². The second kappa shape index (κ2) is 5.92. The van der Waals surface area contributed by atoms with Crippen molar-refractivity contribution in [3.8, 4) is 11.5 Å². The minimum absolute atomic E-state index is 0.0380. The second-order valence-corrected chi connectivity index (χ2v) is 8.45. The van der Waals surface area contributed by atoms with Crippen LogP contribution in [0.5, 0.6) is 11.5 Å². The molecule has 27 heavy (non-hydrogen) atoms. The summed E-state index contributed by atoms with van der Waals surface area (Å²) in [6.45, 7) is 0. The maximum absolute atomic E-state index is 6.95. The Morgan fingerprint density at radius 1 is 0.852 bits per heavy atom. The van der Waals surface area contributed by atoms with Gasteiger partial charge in [-0.1, -0.05) is 89.9 Å². The van der Waals surface area contributed by atoms with Crippen LogP contribution in [0.1, 0.15) is 22.6 Å². The van der Waals surface area contributed by atoms with Crippen molar-refractivity contribution in [1.82, 2.24) is 0 Å². The van der Waals surface area contributed by atoms with E-state index < -0.39 is 9.93 Å². The molecule has 0 amide bonds. The van der Waals surface area contributed by atoms with Crippen molar-refractivity contribution in [2.45, 2.75) is 15.9 Å². The molecule has 5 rings (SSSR count). The van der Waals surface area contributed by atoms with E-state index in [4.69, 9.17) is 32.7 Å². The summed E-state index contributed by atoms with van der Waals surface area (Å²) in [6, 6.07) is 26.3. The van der Waals surface area contributed by atoms with Gasteiger partial charge in [0.2, 0.25) is 0 Å². The predicted molar refractivity (Wildman–Crippen MR) is 108 cm³/mol. The first kappa shape index (κ1) is 17.0. The maximum Gasteiger partial charge on any atom is 0.177 e. The van der Waals surface area contributed by atoms with Crippen LogP contribution < -0.4 is 9.47 Å². The third-order valence-corrected chi connectivity index (χ3v) is 6.80. The third kappa shape index (κ3) is 2.20. The summed E-state index contributed by atoms with van der Waals surface area (Å²) < 4.78 is 11.1. The van der Waals surface area contributed by atoms with Gasteiger partial charge < -0.3 is 9.47 Å². The van der Waals surface area contributed by atoms with Crippen molar-refractivity contribution >= 4 is 23.2 Å². The van der Waals surface area contributed by atoms with Gasteiger partial charge >= 0.3 is 0 Å². The zero-order valence-electron chi connectivity index (χ0n) is 14.7. The van der Waals surface area contributed by atoms with Crippen molar-refractivity contribution in [1.29, 1.82) is 0 Å². The molecule has 0 N–H and O–H groups in total. The number of rotatable bonds is 3. The van der Waals surface area contributed by atoms with Crippen molar-refractivity contribution in [2.24, 2.45) is 5.92 Å². The molecule has 1 fully saturated rings. The fraction of sp³-hybridized carbons (Fsp3) is 0.217. The van der Waals surface area contributed by atoms with Gasteiger partial charge in [-0.25, -0.2) is 0 Å². The smallest absolute Gasteiger partial charge is 0.177 e. The molecule has 0 unspecified atom stereocenters. The van der Waals surface area contributed by atoms with E-state index in [1.165, 1.54) is 5.56 Å². The Morgan fingerprint density at radius 3 is 2.30 bits per heavy atom. The molecule has 1 saturated carbocycles. The van der Waals surface area contributed by atoms with E-state index in [9.17, 15) is 0 Å². The minimum atomic E-state index is -1.07. The second-order valence-electron chi connectivity index (χ2n) is 7.06. The van der Waals surface area contributed by atoms with Gasteiger partial charge in [0.15, 0.2) is 9.93 Å². The number of hydrogen-bond acceptors (Lipinski definition) is 2. The van der Waals surface area contributed by atoms with Gasteiger partial charge in [0.25, 0.3) is 0 Å². The molecule has 1 aliphatic carbocycles. The molecule has 4 heteroatoms. The fourth-order valence-corrected chi connectivity index (χ4v) is 5.52. The molecule has 1 aliphatic heterocycles. The largest absolute Gasteiger partial charge is 0.496 e. The Balaban J connectivity index is 1.76. The molecule has 0 spiro atoms. The number of fused-ring (bicyclic) bond motifs is 2. The predicted octanol–water partition coefficient (Wildman–Crippen LogP) is 5.92. The SMILES string of the molecule is COc1ccccc1[C@@]12Oc3ccccc3[C@@H](c3ccccc3)[C@@H]1C2(Cl)Cl. The van der Waals surface area contributed by atoms with E-state index in [1.54, 1.807) is 7.11 Å². The van der Waals surface area contributed by atoms with E-state index in [1.807, 2.05) is 60.7 Å². The molecule has 0 saturated heterocycles. The highest BCUT2D eigenvalue weighted by atomic mass is 35.5. The topological polar surface area (TPSA) is 18.5 Å². The summed E-state index contributed by atoms with van der Waals surface area (Å²) in [5.41, 5.74) is 2.33. The Kier molecular flexibility index (Phi) is 3.72. The van der Waals surface area contributed by atoms with Gasteiger partial charge in [0, 0.05) is 17.0 Å². The summed E-state index contributed by atoms with van der Waals surface area (Å²) in [5.74, 6) is 1.46. The van der Waals surface area contributed by atoms with E-state index >= 15 is 0 Å². The van der Waals surface area contributed by atoms with Crippen molar-refractivity contribution in [3.63, 3.8) is 0 Å². The first-order chi connectivity index (χ1) is 13.1. The lowest BCUT2D eigenvalue weighted by atomic mass is 9.82. The zero-order chi connectivity index (χ0) is 18.6. The van der Waals surface area contributed by atoms with Crippen molar-refractivity contribution in [2.75, 3.05) is 7.11 Å². The molecule has 3 aromatic carbocycles. The molecular formula is C23H18Cl2O2. The lowest BCUT2D eigenvalue weighted by Gasteiger charge is -2.32. The van der Waals surface area contributed by atoms with E-state index in [-0.39, 0.29) is 11.8 Å². The third-order valence-electron chi connectivity index (χ3n) is 5.76. The van der Waals surface area contributed by atoms with E-state index in [2.05, 4.69) is 18.2 Å². The quantitative estimate of drug-likeness (QED) is 0.511. The molecule has 2 aliphatic rings. The van der Waals surface area contributed by atoms with Crippen molar-refractivity contribution in [3.05, 3.63) is 95.6 Å². The lowest BCUT2D eigenvalue weighted by molar-refractivity contribution is 0.134. The van der Waals surface area contributed by atoms with Gasteiger partial charge in [-0.3, -0.25) is 0 Å². The normalized spacial score (nSPS) is 27.1. The standard InChI is InChI=1S/C23H18Cl2O2/c1-26-19-14-8-6-12-17(19)22-21(23(22,24)25)20(15-9-3-2-4-10-15)16-11-5-7-13-18(16)27-22/h2-14,20-21H,1H3/t20-,21+,22-/m1/s1. The fourth-order valence-electron chi connectivity index (χ4n) is 4.55. The highest BCUT2D eigenvalue weighted by Gasteiger charge is 2.84. The van der Waals surface area contributed by atoms with E-state index in [0.29, 0.717) is 0 Å². The number of methoxy groups -OCH3 is 1. The van der Waals surface area contributed by atoms with Gasteiger partial charge in [-0.2, -0.15) is 0 Å². The molecule has 1 heterocycles. The Hall–Kier alpha value is -2.16. The van der Waals surface area contributed by atoms with Crippen LogP contribution in [0.2, 0.25) is 0 Å². The van der Waals surface area contributed by atoms with Crippen LogP contribution in [0.15, 0.2) is 78.9 Å². The molecule has 3 atom stereocenters. The molecular weight excluding hydrogens is 379 g/mol. The van der Waals surface area contributed by atoms with Gasteiger partial charge in [0.05, 0.1) is 13.0 Å². The number of para-hydroxylation sites is 2. The number of halogens is 2. The summed E-state index contributed by atoms with van der Waals surface area (Å²) >= 11 is 13.9. The molecule has 0 bridgehead atoms. The van der Waals surface area contributed by atoms with Crippen LogP contribution in [0, 0.1) is 5.92 Å².